The van der Waals surface area contributed by atoms with Gasteiger partial charge in [-0.05, 0) is 50.1 Å². The molecule has 1 aliphatic rings. The van der Waals surface area contributed by atoms with Crippen LogP contribution in [0.1, 0.15) is 30.7 Å². The van der Waals surface area contributed by atoms with Crippen LogP contribution in [0.5, 0.6) is 0 Å². The number of benzene rings is 2. The van der Waals surface area contributed by atoms with E-state index in [0.717, 1.165) is 24.0 Å². The van der Waals surface area contributed by atoms with Crippen LogP contribution in [-0.4, -0.2) is 22.0 Å². The summed E-state index contributed by atoms with van der Waals surface area (Å²) in [4.78, 5) is 24.1. The van der Waals surface area contributed by atoms with Crippen molar-refractivity contribution in [2.24, 2.45) is 5.92 Å². The predicted molar refractivity (Wildman–Crippen MR) is 109 cm³/mol. The van der Waals surface area contributed by atoms with E-state index in [-0.39, 0.29) is 24.2 Å². The molecular formula is C22H22N4O3. The van der Waals surface area contributed by atoms with E-state index >= 15 is 0 Å². The number of aryl methyl sites for hydroxylation is 2. The van der Waals surface area contributed by atoms with E-state index in [1.165, 1.54) is 0 Å². The number of carbonyl (C=O) groups is 2. The zero-order chi connectivity index (χ0) is 20.2. The van der Waals surface area contributed by atoms with E-state index in [1.54, 1.807) is 24.3 Å². The summed E-state index contributed by atoms with van der Waals surface area (Å²) in [5, 5.41) is 13.8. The molecular weight excluding hydrogens is 368 g/mol. The zero-order valence-electron chi connectivity index (χ0n) is 16.1. The molecule has 1 saturated carbocycles. The summed E-state index contributed by atoms with van der Waals surface area (Å²) >= 11 is 0. The second-order valence-electron chi connectivity index (χ2n) is 7.26. The van der Waals surface area contributed by atoms with Crippen molar-refractivity contribution in [3.8, 4) is 11.5 Å². The summed E-state index contributed by atoms with van der Waals surface area (Å²) in [5.74, 6) is 0.869. The van der Waals surface area contributed by atoms with Crippen LogP contribution < -0.4 is 10.6 Å². The molecule has 29 heavy (non-hydrogen) atoms. The molecule has 7 heteroatoms. The van der Waals surface area contributed by atoms with Gasteiger partial charge in [-0.3, -0.25) is 9.59 Å². The maximum atomic E-state index is 12.3. The van der Waals surface area contributed by atoms with Gasteiger partial charge in [0.05, 0.1) is 0 Å². The lowest BCUT2D eigenvalue weighted by molar-refractivity contribution is -0.117. The zero-order valence-corrected chi connectivity index (χ0v) is 16.1. The summed E-state index contributed by atoms with van der Waals surface area (Å²) in [7, 11) is 0. The predicted octanol–water partition coefficient (Wildman–Crippen LogP) is 3.96. The lowest BCUT2D eigenvalue weighted by Crippen LogP contribution is -2.15. The molecule has 0 bridgehead atoms. The Balaban J connectivity index is 1.30. The van der Waals surface area contributed by atoms with Gasteiger partial charge in [0.25, 0.3) is 0 Å². The third kappa shape index (κ3) is 5.07. The number of amides is 2. The van der Waals surface area contributed by atoms with Gasteiger partial charge in [0.15, 0.2) is 0 Å². The minimum Gasteiger partial charge on any atom is -0.421 e. The van der Waals surface area contributed by atoms with Crippen LogP contribution in [0.15, 0.2) is 52.9 Å². The highest BCUT2D eigenvalue weighted by Gasteiger charge is 2.29. The minimum absolute atomic E-state index is 0.0363. The molecule has 0 aliphatic heterocycles. The lowest BCUT2D eigenvalue weighted by Gasteiger charge is -2.08. The minimum atomic E-state index is -0.161. The first-order chi connectivity index (χ1) is 14.1. The molecule has 7 nitrogen and oxygen atoms in total. The Morgan fingerprint density at radius 1 is 1.03 bits per heavy atom. The van der Waals surface area contributed by atoms with Gasteiger partial charge < -0.3 is 15.1 Å². The van der Waals surface area contributed by atoms with Crippen LogP contribution >= 0.6 is 0 Å². The molecule has 0 radical (unpaired) electrons. The Labute approximate surface area is 168 Å². The van der Waals surface area contributed by atoms with E-state index in [0.29, 0.717) is 29.6 Å². The van der Waals surface area contributed by atoms with Crippen LogP contribution in [-0.2, 0) is 16.0 Å². The van der Waals surface area contributed by atoms with E-state index in [1.807, 2.05) is 31.2 Å². The first-order valence-electron chi connectivity index (χ1n) is 9.67. The second kappa shape index (κ2) is 8.26. The Morgan fingerprint density at radius 3 is 2.48 bits per heavy atom. The van der Waals surface area contributed by atoms with Crippen LogP contribution in [0.2, 0.25) is 0 Å². The normalized spacial score (nSPS) is 13.1. The SMILES string of the molecule is Cc1ccc(-c2nnc(CCC(=O)Nc3cccc(NC(=O)C4CC4)c3)o2)cc1. The monoisotopic (exact) mass is 390 g/mol. The molecule has 3 aromatic rings. The summed E-state index contributed by atoms with van der Waals surface area (Å²) in [6, 6.07) is 14.9. The number of carbonyl (C=O) groups excluding carboxylic acids is 2. The molecule has 1 aromatic heterocycles. The molecule has 148 valence electrons. The van der Waals surface area contributed by atoms with Gasteiger partial charge >= 0.3 is 0 Å². The number of hydrogen-bond donors (Lipinski definition) is 2. The summed E-state index contributed by atoms with van der Waals surface area (Å²) < 4.78 is 5.65. The first-order valence-corrected chi connectivity index (χ1v) is 9.67. The molecule has 0 saturated heterocycles. The van der Waals surface area contributed by atoms with Crippen molar-refractivity contribution in [1.29, 1.82) is 0 Å². The number of nitrogens with one attached hydrogen (secondary N) is 2. The van der Waals surface area contributed by atoms with E-state index < -0.39 is 0 Å². The molecule has 4 rings (SSSR count). The van der Waals surface area contributed by atoms with Crippen molar-refractivity contribution in [2.75, 3.05) is 10.6 Å². The van der Waals surface area contributed by atoms with Gasteiger partial charge in [0.1, 0.15) is 0 Å². The van der Waals surface area contributed by atoms with E-state index in [2.05, 4.69) is 20.8 Å². The average molecular weight is 390 g/mol. The number of aromatic nitrogens is 2. The summed E-state index contributed by atoms with van der Waals surface area (Å²) in [5.41, 5.74) is 3.32. The van der Waals surface area contributed by atoms with E-state index in [9.17, 15) is 9.59 Å². The molecule has 0 spiro atoms. The lowest BCUT2D eigenvalue weighted by atomic mass is 10.1. The maximum Gasteiger partial charge on any atom is 0.247 e. The van der Waals surface area contributed by atoms with Crippen molar-refractivity contribution in [3.63, 3.8) is 0 Å². The topological polar surface area (TPSA) is 97.1 Å². The van der Waals surface area contributed by atoms with Crippen molar-refractivity contribution in [3.05, 3.63) is 60.0 Å². The maximum absolute atomic E-state index is 12.3. The van der Waals surface area contributed by atoms with Gasteiger partial charge in [0, 0.05) is 35.7 Å². The Bertz CT molecular complexity index is 1020. The molecule has 2 amide bonds. The number of nitrogens with zero attached hydrogens (tertiary/aromatic N) is 2. The molecule has 1 heterocycles. The van der Waals surface area contributed by atoms with Crippen LogP contribution in [0, 0.1) is 12.8 Å². The summed E-state index contributed by atoms with van der Waals surface area (Å²) in [6.07, 6.45) is 2.46. The number of rotatable bonds is 7. The largest absolute Gasteiger partial charge is 0.421 e. The number of hydrogen-bond acceptors (Lipinski definition) is 5. The Morgan fingerprint density at radius 2 is 1.76 bits per heavy atom. The molecule has 0 atom stereocenters. The standard InChI is InChI=1S/C22H22N4O3/c1-14-5-7-16(8-6-14)22-26-25-20(29-22)12-11-19(27)23-17-3-2-4-18(13-17)24-21(28)15-9-10-15/h2-8,13,15H,9-12H2,1H3,(H,23,27)(H,24,28). The first kappa shape index (κ1) is 18.9. The molecule has 1 aliphatic carbocycles. The Hall–Kier alpha value is -3.48. The Kier molecular flexibility index (Phi) is 5.37. The van der Waals surface area contributed by atoms with Crippen LogP contribution in [0.3, 0.4) is 0 Å². The van der Waals surface area contributed by atoms with Crippen molar-refractivity contribution in [1.82, 2.24) is 10.2 Å². The fourth-order valence-corrected chi connectivity index (χ4v) is 2.88. The second-order valence-corrected chi connectivity index (χ2v) is 7.26. The van der Waals surface area contributed by atoms with Gasteiger partial charge in [-0.15, -0.1) is 10.2 Å². The highest BCUT2D eigenvalue weighted by molar-refractivity contribution is 5.95. The molecule has 1 fully saturated rings. The smallest absolute Gasteiger partial charge is 0.247 e. The van der Waals surface area contributed by atoms with Gasteiger partial charge in [-0.25, -0.2) is 0 Å². The van der Waals surface area contributed by atoms with Gasteiger partial charge in [0.2, 0.25) is 23.6 Å². The third-order valence-corrected chi connectivity index (χ3v) is 4.69. The highest BCUT2D eigenvalue weighted by Crippen LogP contribution is 2.30. The fraction of sp³-hybridized carbons (Fsp3) is 0.273. The van der Waals surface area contributed by atoms with Gasteiger partial charge in [-0.1, -0.05) is 23.8 Å². The quantitative estimate of drug-likeness (QED) is 0.636. The van der Waals surface area contributed by atoms with Gasteiger partial charge in [-0.2, -0.15) is 0 Å². The summed E-state index contributed by atoms with van der Waals surface area (Å²) in [6.45, 7) is 2.01. The third-order valence-electron chi connectivity index (χ3n) is 4.69. The molecule has 2 aromatic carbocycles. The van der Waals surface area contributed by atoms with Crippen molar-refractivity contribution < 1.29 is 14.0 Å². The van der Waals surface area contributed by atoms with E-state index in [4.69, 9.17) is 4.42 Å². The molecule has 2 N–H and O–H groups in total. The highest BCUT2D eigenvalue weighted by atomic mass is 16.4. The molecule has 0 unspecified atom stereocenters. The van der Waals surface area contributed by atoms with Crippen LogP contribution in [0.25, 0.3) is 11.5 Å². The van der Waals surface area contributed by atoms with Crippen LogP contribution in [0.4, 0.5) is 11.4 Å². The average Bonchev–Trinajstić information content (AvgIpc) is 3.46. The number of anilines is 2. The van der Waals surface area contributed by atoms with Crippen molar-refractivity contribution >= 4 is 23.2 Å². The fourth-order valence-electron chi connectivity index (χ4n) is 2.88. The van der Waals surface area contributed by atoms with Crippen molar-refractivity contribution in [2.45, 2.75) is 32.6 Å².